The third-order valence-corrected chi connectivity index (χ3v) is 4.51. The first-order chi connectivity index (χ1) is 14.7. The molecule has 1 heterocycles. The van der Waals surface area contributed by atoms with E-state index in [-0.39, 0.29) is 22.8 Å². The summed E-state index contributed by atoms with van der Waals surface area (Å²) in [7, 11) is 5.86. The molecule has 1 atom stereocenters. The smallest absolute Gasteiger partial charge is 0.416 e. The van der Waals surface area contributed by atoms with Gasteiger partial charge in [0.05, 0.1) is 11.1 Å². The van der Waals surface area contributed by atoms with Gasteiger partial charge >= 0.3 is 12.1 Å². The number of ether oxygens (including phenoxy) is 1. The topological polar surface area (TPSA) is 72.6 Å². The van der Waals surface area contributed by atoms with Crippen molar-refractivity contribution >= 4 is 30.4 Å². The molecule has 0 saturated heterocycles. The molecule has 154 valence electrons. The maximum Gasteiger partial charge on any atom is 0.416 e. The first-order valence-electron chi connectivity index (χ1n) is 9.04. The molecule has 0 bridgehead atoms. The van der Waals surface area contributed by atoms with Gasteiger partial charge in [0.15, 0.2) is 5.58 Å². The minimum atomic E-state index is -4.62. The number of hydrogen-bond acceptors (Lipinski definition) is 4. The summed E-state index contributed by atoms with van der Waals surface area (Å²) in [5.74, 6) is -1.28. The van der Waals surface area contributed by atoms with Crippen molar-refractivity contribution in [3.05, 3.63) is 77.9 Å². The molecule has 1 unspecified atom stereocenters. The summed E-state index contributed by atoms with van der Waals surface area (Å²) >= 11 is 0. The molecule has 0 aliphatic carbocycles. The zero-order chi connectivity index (χ0) is 22.2. The van der Waals surface area contributed by atoms with Gasteiger partial charge in [0, 0.05) is 5.56 Å². The molecule has 3 aromatic carbocycles. The Morgan fingerprint density at radius 1 is 1.06 bits per heavy atom. The molecule has 0 aliphatic heterocycles. The van der Waals surface area contributed by atoms with Gasteiger partial charge in [-0.1, -0.05) is 41.9 Å². The van der Waals surface area contributed by atoms with Crippen LogP contribution in [0.1, 0.15) is 17.2 Å². The van der Waals surface area contributed by atoms with Crippen LogP contribution in [-0.2, 0) is 11.0 Å². The van der Waals surface area contributed by atoms with E-state index in [4.69, 9.17) is 17.0 Å². The fourth-order valence-electron chi connectivity index (χ4n) is 3.07. The van der Waals surface area contributed by atoms with Crippen molar-refractivity contribution in [3.63, 3.8) is 0 Å². The number of fused-ring (bicyclic) bond motifs is 1. The SMILES string of the molecule is [B]c1ccc(OC(C(=O)O)c2cccc(C(F)(F)F)c2)c(-c2nc3ccccc3o2)c1. The Labute approximate surface area is 175 Å². The minimum absolute atomic E-state index is 0.0468. The first-order valence-corrected chi connectivity index (χ1v) is 9.04. The summed E-state index contributed by atoms with van der Waals surface area (Å²) < 4.78 is 50.6. The van der Waals surface area contributed by atoms with E-state index in [0.717, 1.165) is 18.2 Å². The largest absolute Gasteiger partial charge is 0.478 e. The van der Waals surface area contributed by atoms with Crippen LogP contribution in [0.15, 0.2) is 71.1 Å². The summed E-state index contributed by atoms with van der Waals surface area (Å²) in [6, 6.07) is 15.4. The van der Waals surface area contributed by atoms with E-state index in [1.54, 1.807) is 24.3 Å². The second-order valence-electron chi connectivity index (χ2n) is 6.70. The predicted octanol–water partition coefficient (Wildman–Crippen LogP) is 4.51. The Balaban J connectivity index is 1.76. The van der Waals surface area contributed by atoms with Crippen LogP contribution < -0.4 is 10.2 Å². The molecule has 5 nitrogen and oxygen atoms in total. The molecule has 1 aromatic heterocycles. The molecule has 31 heavy (non-hydrogen) atoms. The highest BCUT2D eigenvalue weighted by molar-refractivity contribution is 6.32. The number of carbonyl (C=O) groups is 1. The number of hydrogen-bond donors (Lipinski definition) is 1. The lowest BCUT2D eigenvalue weighted by Gasteiger charge is -2.18. The summed E-state index contributed by atoms with van der Waals surface area (Å²) in [6.07, 6.45) is -6.32. The van der Waals surface area contributed by atoms with Gasteiger partial charge < -0.3 is 14.3 Å². The normalized spacial score (nSPS) is 12.6. The molecule has 0 aliphatic rings. The van der Waals surface area contributed by atoms with Crippen molar-refractivity contribution in [2.24, 2.45) is 0 Å². The number of benzene rings is 3. The average molecular weight is 423 g/mol. The minimum Gasteiger partial charge on any atom is -0.478 e. The maximum absolute atomic E-state index is 13.1. The summed E-state index contributed by atoms with van der Waals surface area (Å²) in [6.45, 7) is 0. The monoisotopic (exact) mass is 423 g/mol. The quantitative estimate of drug-likeness (QED) is 0.479. The second kappa shape index (κ2) is 7.83. The Kier molecular flexibility index (Phi) is 5.18. The molecule has 4 aromatic rings. The summed E-state index contributed by atoms with van der Waals surface area (Å²) in [5, 5.41) is 9.64. The van der Waals surface area contributed by atoms with Gasteiger partial charge in [-0.15, -0.1) is 0 Å². The van der Waals surface area contributed by atoms with Gasteiger partial charge in [0.2, 0.25) is 12.0 Å². The van der Waals surface area contributed by atoms with Crippen molar-refractivity contribution in [1.29, 1.82) is 0 Å². The molecule has 0 amide bonds. The third kappa shape index (κ3) is 4.25. The van der Waals surface area contributed by atoms with E-state index in [1.807, 2.05) is 0 Å². The van der Waals surface area contributed by atoms with Crippen molar-refractivity contribution in [2.45, 2.75) is 12.3 Å². The van der Waals surface area contributed by atoms with E-state index in [0.29, 0.717) is 16.6 Å². The van der Waals surface area contributed by atoms with Crippen LogP contribution in [0.3, 0.4) is 0 Å². The van der Waals surface area contributed by atoms with E-state index in [2.05, 4.69) is 4.98 Å². The van der Waals surface area contributed by atoms with E-state index in [9.17, 15) is 23.1 Å². The molecule has 1 N–H and O–H groups in total. The summed E-state index contributed by atoms with van der Waals surface area (Å²) in [4.78, 5) is 16.2. The van der Waals surface area contributed by atoms with Gasteiger partial charge in [-0.2, -0.15) is 13.2 Å². The van der Waals surface area contributed by atoms with Gasteiger partial charge in [0.1, 0.15) is 19.1 Å². The van der Waals surface area contributed by atoms with Crippen LogP contribution in [0.2, 0.25) is 0 Å². The molecule has 4 rings (SSSR count). The number of oxazole rings is 1. The van der Waals surface area contributed by atoms with E-state index < -0.39 is 23.8 Å². The fourth-order valence-corrected chi connectivity index (χ4v) is 3.07. The second-order valence-corrected chi connectivity index (χ2v) is 6.70. The predicted molar refractivity (Wildman–Crippen MR) is 107 cm³/mol. The number of halogens is 3. The third-order valence-electron chi connectivity index (χ3n) is 4.51. The Morgan fingerprint density at radius 3 is 2.55 bits per heavy atom. The molecule has 0 spiro atoms. The van der Waals surface area contributed by atoms with Crippen LogP contribution in [0.25, 0.3) is 22.6 Å². The van der Waals surface area contributed by atoms with E-state index in [1.165, 1.54) is 24.3 Å². The van der Waals surface area contributed by atoms with Gasteiger partial charge in [0.25, 0.3) is 0 Å². The lowest BCUT2D eigenvalue weighted by Crippen LogP contribution is -2.20. The number of rotatable bonds is 5. The number of nitrogens with zero attached hydrogens (tertiary/aromatic N) is 1. The van der Waals surface area contributed by atoms with Crippen molar-refractivity contribution in [1.82, 2.24) is 4.98 Å². The van der Waals surface area contributed by atoms with Crippen molar-refractivity contribution in [2.75, 3.05) is 0 Å². The zero-order valence-corrected chi connectivity index (χ0v) is 15.8. The molecule has 9 heteroatoms. The average Bonchev–Trinajstić information content (AvgIpc) is 3.16. The van der Waals surface area contributed by atoms with Gasteiger partial charge in [-0.25, -0.2) is 9.78 Å². The Morgan fingerprint density at radius 2 is 1.84 bits per heavy atom. The maximum atomic E-state index is 13.1. The van der Waals surface area contributed by atoms with Gasteiger partial charge in [-0.3, -0.25) is 0 Å². The van der Waals surface area contributed by atoms with Crippen LogP contribution in [0, 0.1) is 0 Å². The highest BCUT2D eigenvalue weighted by Crippen LogP contribution is 2.35. The molecular formula is C22H13BF3NO4. The van der Waals surface area contributed by atoms with Crippen LogP contribution in [-0.4, -0.2) is 23.9 Å². The van der Waals surface area contributed by atoms with Crippen LogP contribution in [0.4, 0.5) is 13.2 Å². The lowest BCUT2D eigenvalue weighted by molar-refractivity contribution is -0.146. The standard InChI is InChI=1S/C22H13BF3NO4/c23-14-8-9-17(15(11-14)20-27-16-6-1-2-7-18(16)31-20)30-19(21(28)29)12-4-3-5-13(10-12)22(24,25)26/h1-11,19H,(H,28,29). The Bertz CT molecular complexity index is 1240. The molecule has 0 fully saturated rings. The Hall–Kier alpha value is -3.75. The molecule has 2 radical (unpaired) electrons. The number of aliphatic carboxylic acids is 1. The number of carboxylic acids is 1. The molecule has 0 saturated carbocycles. The van der Waals surface area contributed by atoms with Crippen molar-refractivity contribution < 1.29 is 32.2 Å². The molecular weight excluding hydrogens is 410 g/mol. The lowest BCUT2D eigenvalue weighted by atomic mass is 9.94. The van der Waals surface area contributed by atoms with E-state index >= 15 is 0 Å². The zero-order valence-electron chi connectivity index (χ0n) is 15.8. The number of carboxylic acid groups (broad SMARTS) is 1. The highest BCUT2D eigenvalue weighted by Gasteiger charge is 2.32. The number of alkyl halides is 3. The fraction of sp³-hybridized carbons (Fsp3) is 0.0909. The summed E-state index contributed by atoms with van der Waals surface area (Å²) in [5.41, 5.74) is 0.543. The number of aromatic nitrogens is 1. The number of para-hydroxylation sites is 2. The van der Waals surface area contributed by atoms with Gasteiger partial charge in [-0.05, 0) is 30.3 Å². The van der Waals surface area contributed by atoms with Crippen LogP contribution in [0.5, 0.6) is 5.75 Å². The highest BCUT2D eigenvalue weighted by atomic mass is 19.4. The first kappa shape index (κ1) is 20.5. The van der Waals surface area contributed by atoms with Crippen LogP contribution >= 0.6 is 0 Å². The van der Waals surface area contributed by atoms with Crippen molar-refractivity contribution in [3.8, 4) is 17.2 Å².